The lowest BCUT2D eigenvalue weighted by Gasteiger charge is -2.10. The lowest BCUT2D eigenvalue weighted by molar-refractivity contribution is -0.122. The summed E-state index contributed by atoms with van der Waals surface area (Å²) < 4.78 is 5.88. The molecular formula is C23H18Cl2N6O2. The lowest BCUT2D eigenvalue weighted by Crippen LogP contribution is -2.24. The summed E-state index contributed by atoms with van der Waals surface area (Å²) in [4.78, 5) is 13.4. The zero-order valence-electron chi connectivity index (χ0n) is 17.2. The summed E-state index contributed by atoms with van der Waals surface area (Å²) >= 11 is 12.1. The number of hydrogen-bond donors (Lipinski definition) is 1. The molecule has 3 aromatic carbocycles. The van der Waals surface area contributed by atoms with Crippen molar-refractivity contribution in [1.29, 1.82) is 0 Å². The van der Waals surface area contributed by atoms with Gasteiger partial charge >= 0.3 is 0 Å². The number of nitrogens with one attached hydrogen (secondary N) is 1. The third-order valence-corrected chi connectivity index (χ3v) is 5.07. The van der Waals surface area contributed by atoms with Crippen molar-refractivity contribution in [3.8, 4) is 17.1 Å². The van der Waals surface area contributed by atoms with E-state index in [-0.39, 0.29) is 13.2 Å². The van der Waals surface area contributed by atoms with Crippen LogP contribution < -0.4 is 10.2 Å². The summed E-state index contributed by atoms with van der Waals surface area (Å²) in [6.07, 6.45) is 1.50. The maximum absolute atomic E-state index is 12.2. The molecule has 0 saturated heterocycles. The van der Waals surface area contributed by atoms with Gasteiger partial charge in [0.05, 0.1) is 6.21 Å². The van der Waals surface area contributed by atoms with Gasteiger partial charge in [0.1, 0.15) is 18.9 Å². The molecule has 0 aliphatic rings. The molecule has 166 valence electrons. The second-order valence-electron chi connectivity index (χ2n) is 6.86. The number of aromatic nitrogens is 4. The van der Waals surface area contributed by atoms with E-state index in [9.17, 15) is 4.79 Å². The average molecular weight is 481 g/mol. The molecule has 0 bridgehead atoms. The van der Waals surface area contributed by atoms with Crippen molar-refractivity contribution < 1.29 is 9.53 Å². The normalized spacial score (nSPS) is 11.0. The molecule has 0 atom stereocenters. The number of nitrogens with zero attached hydrogens (tertiary/aromatic N) is 5. The first-order valence-electron chi connectivity index (χ1n) is 9.89. The Bertz CT molecular complexity index is 1280. The smallest absolute Gasteiger partial charge is 0.263 e. The number of ether oxygens (including phenoxy) is 1. The molecule has 0 radical (unpaired) electrons. The second-order valence-corrected chi connectivity index (χ2v) is 7.71. The van der Waals surface area contributed by atoms with E-state index in [1.165, 1.54) is 11.0 Å². The van der Waals surface area contributed by atoms with Gasteiger partial charge in [0.25, 0.3) is 5.91 Å². The highest BCUT2D eigenvalue weighted by atomic mass is 35.5. The average Bonchev–Trinajstić information content (AvgIpc) is 3.28. The minimum Gasteiger partial charge on any atom is -0.488 e. The number of hydrogen-bond acceptors (Lipinski definition) is 6. The Kier molecular flexibility index (Phi) is 7.29. The largest absolute Gasteiger partial charge is 0.488 e. The van der Waals surface area contributed by atoms with Gasteiger partial charge in [-0.05, 0) is 29.5 Å². The van der Waals surface area contributed by atoms with E-state index in [1.54, 1.807) is 18.2 Å². The predicted molar refractivity (Wildman–Crippen MR) is 126 cm³/mol. The van der Waals surface area contributed by atoms with Crippen LogP contribution >= 0.6 is 23.2 Å². The molecule has 33 heavy (non-hydrogen) atoms. The van der Waals surface area contributed by atoms with Gasteiger partial charge in [-0.25, -0.2) is 5.43 Å². The van der Waals surface area contributed by atoms with Crippen molar-refractivity contribution in [2.45, 2.75) is 13.2 Å². The van der Waals surface area contributed by atoms with Crippen LogP contribution in [0.1, 0.15) is 11.1 Å². The number of rotatable bonds is 8. The molecular weight excluding hydrogens is 463 g/mol. The summed E-state index contributed by atoms with van der Waals surface area (Å²) in [7, 11) is 0. The quantitative estimate of drug-likeness (QED) is 0.298. The van der Waals surface area contributed by atoms with Crippen LogP contribution in [0, 0.1) is 0 Å². The molecule has 1 N–H and O–H groups in total. The van der Waals surface area contributed by atoms with E-state index in [0.717, 1.165) is 11.1 Å². The highest BCUT2D eigenvalue weighted by Crippen LogP contribution is 2.24. The minimum atomic E-state index is -0.394. The molecule has 1 aromatic heterocycles. The number of carbonyl (C=O) groups excluding carboxylic acids is 1. The highest BCUT2D eigenvalue weighted by molar-refractivity contribution is 6.35. The zero-order valence-corrected chi connectivity index (χ0v) is 18.7. The van der Waals surface area contributed by atoms with Gasteiger partial charge in [-0.2, -0.15) is 9.90 Å². The third kappa shape index (κ3) is 6.15. The van der Waals surface area contributed by atoms with Crippen LogP contribution in [0.15, 0.2) is 77.9 Å². The topological polar surface area (TPSA) is 94.3 Å². The zero-order chi connectivity index (χ0) is 23.0. The number of hydrazone groups is 1. The molecule has 0 saturated carbocycles. The maximum Gasteiger partial charge on any atom is 0.263 e. The number of amides is 1. The summed E-state index contributed by atoms with van der Waals surface area (Å²) in [5.74, 6) is 0.639. The van der Waals surface area contributed by atoms with E-state index in [0.29, 0.717) is 27.2 Å². The van der Waals surface area contributed by atoms with E-state index in [1.807, 2.05) is 54.6 Å². The first kappa shape index (κ1) is 22.4. The Morgan fingerprint density at radius 2 is 1.85 bits per heavy atom. The first-order chi connectivity index (χ1) is 16.1. The van der Waals surface area contributed by atoms with Gasteiger partial charge in [-0.15, -0.1) is 10.2 Å². The van der Waals surface area contributed by atoms with E-state index >= 15 is 0 Å². The molecule has 1 amide bonds. The maximum atomic E-state index is 12.2. The van der Waals surface area contributed by atoms with Crippen molar-refractivity contribution in [3.05, 3.63) is 94.0 Å². The van der Waals surface area contributed by atoms with E-state index < -0.39 is 5.91 Å². The van der Waals surface area contributed by atoms with Crippen LogP contribution in [0.25, 0.3) is 11.4 Å². The van der Waals surface area contributed by atoms with Gasteiger partial charge < -0.3 is 4.74 Å². The van der Waals surface area contributed by atoms with Gasteiger partial charge in [0.2, 0.25) is 5.82 Å². The Balaban J connectivity index is 1.34. The van der Waals surface area contributed by atoms with Crippen LogP contribution in [-0.2, 0) is 17.9 Å². The van der Waals surface area contributed by atoms with Crippen molar-refractivity contribution in [2.24, 2.45) is 5.10 Å². The standard InChI is InChI=1S/C23H18Cl2N6O2/c24-19-11-10-18(20(25)12-19)15-33-21-9-5-4-8-17(21)13-26-27-22(32)14-31-29-23(28-30-31)16-6-2-1-3-7-16/h1-13H,14-15H2,(H,27,32)/b26-13+. The molecule has 0 unspecified atom stereocenters. The summed E-state index contributed by atoms with van der Waals surface area (Å²) in [5, 5.41) is 17.2. The molecule has 0 aliphatic carbocycles. The number of tetrazole rings is 1. The van der Waals surface area contributed by atoms with Crippen LogP contribution in [0.2, 0.25) is 10.0 Å². The van der Waals surface area contributed by atoms with Crippen LogP contribution in [0.5, 0.6) is 5.75 Å². The first-order valence-corrected chi connectivity index (χ1v) is 10.6. The Hall–Kier alpha value is -3.75. The van der Waals surface area contributed by atoms with Crippen molar-refractivity contribution >= 4 is 35.3 Å². The molecule has 0 fully saturated rings. The number of para-hydroxylation sites is 1. The van der Waals surface area contributed by atoms with E-state index in [2.05, 4.69) is 25.9 Å². The van der Waals surface area contributed by atoms with Gasteiger partial charge in [0.15, 0.2) is 0 Å². The molecule has 4 aromatic rings. The van der Waals surface area contributed by atoms with Gasteiger partial charge in [-0.3, -0.25) is 4.79 Å². The van der Waals surface area contributed by atoms with Gasteiger partial charge in [0, 0.05) is 26.7 Å². The van der Waals surface area contributed by atoms with Crippen LogP contribution in [0.3, 0.4) is 0 Å². The molecule has 4 rings (SSSR count). The fourth-order valence-electron chi connectivity index (χ4n) is 2.86. The predicted octanol–water partition coefficient (Wildman–Crippen LogP) is 4.38. The monoisotopic (exact) mass is 480 g/mol. The Morgan fingerprint density at radius 3 is 2.67 bits per heavy atom. The van der Waals surface area contributed by atoms with Crippen molar-refractivity contribution in [1.82, 2.24) is 25.6 Å². The molecule has 0 aliphatic heterocycles. The summed E-state index contributed by atoms with van der Waals surface area (Å²) in [5.41, 5.74) is 4.76. The lowest BCUT2D eigenvalue weighted by atomic mass is 10.2. The van der Waals surface area contributed by atoms with E-state index in [4.69, 9.17) is 27.9 Å². The molecule has 10 heteroatoms. The number of benzene rings is 3. The number of carbonyl (C=O) groups is 1. The second kappa shape index (κ2) is 10.7. The Labute approximate surface area is 199 Å². The van der Waals surface area contributed by atoms with Crippen molar-refractivity contribution in [2.75, 3.05) is 0 Å². The van der Waals surface area contributed by atoms with Crippen LogP contribution in [-0.4, -0.2) is 32.3 Å². The highest BCUT2D eigenvalue weighted by Gasteiger charge is 2.09. The Morgan fingerprint density at radius 1 is 1.06 bits per heavy atom. The number of halogens is 2. The minimum absolute atomic E-state index is 0.121. The summed E-state index contributed by atoms with van der Waals surface area (Å²) in [6, 6.07) is 21.9. The van der Waals surface area contributed by atoms with Crippen molar-refractivity contribution in [3.63, 3.8) is 0 Å². The van der Waals surface area contributed by atoms with Gasteiger partial charge in [-0.1, -0.05) is 71.7 Å². The van der Waals surface area contributed by atoms with Crippen LogP contribution in [0.4, 0.5) is 0 Å². The molecule has 0 spiro atoms. The fourth-order valence-corrected chi connectivity index (χ4v) is 3.33. The summed E-state index contributed by atoms with van der Waals surface area (Å²) in [6.45, 7) is 0.138. The third-order valence-electron chi connectivity index (χ3n) is 4.48. The molecule has 1 heterocycles. The fraction of sp³-hybridized carbons (Fsp3) is 0.0870. The molecule has 8 nitrogen and oxygen atoms in total. The SMILES string of the molecule is O=C(Cn1nnc(-c2ccccc2)n1)N/N=C/c1ccccc1OCc1ccc(Cl)cc1Cl.